The van der Waals surface area contributed by atoms with Crippen molar-refractivity contribution in [3.05, 3.63) is 28.8 Å². The summed E-state index contributed by atoms with van der Waals surface area (Å²) in [5.74, 6) is -0.438. The van der Waals surface area contributed by atoms with Gasteiger partial charge in [0.2, 0.25) is 0 Å². The third-order valence-electron chi connectivity index (χ3n) is 5.50. The maximum absolute atomic E-state index is 13.3. The Hall–Kier alpha value is -2.08. The second-order valence-electron chi connectivity index (χ2n) is 7.65. The first-order valence-corrected chi connectivity index (χ1v) is 9.84. The molecule has 1 aliphatic heterocycles. The Bertz CT molecular complexity index is 667. The summed E-state index contributed by atoms with van der Waals surface area (Å²) < 4.78 is 11.2. The van der Waals surface area contributed by atoms with Crippen molar-refractivity contribution >= 4 is 11.9 Å². The molecule has 1 aromatic carbocycles. The highest BCUT2D eigenvalue weighted by molar-refractivity contribution is 5.95. The van der Waals surface area contributed by atoms with Crippen LogP contribution >= 0.6 is 0 Å². The fraction of sp³-hybridized carbons (Fsp3) is 0.619. The van der Waals surface area contributed by atoms with Crippen LogP contribution in [0.4, 0.5) is 0 Å². The normalized spacial score (nSPS) is 20.0. The van der Waals surface area contributed by atoms with Crippen molar-refractivity contribution in [3.8, 4) is 5.75 Å². The first-order chi connectivity index (χ1) is 13.0. The van der Waals surface area contributed by atoms with Gasteiger partial charge in [-0.15, -0.1) is 0 Å². The fourth-order valence-electron chi connectivity index (χ4n) is 4.22. The number of carboxylic acid groups (broad SMARTS) is 1. The average Bonchev–Trinajstić information content (AvgIpc) is 3.31. The van der Waals surface area contributed by atoms with Crippen LogP contribution in [0.5, 0.6) is 5.75 Å². The summed E-state index contributed by atoms with van der Waals surface area (Å²) in [5, 5.41) is 8.83. The number of carbonyl (C=O) groups is 2. The Morgan fingerprint density at radius 3 is 2.37 bits per heavy atom. The van der Waals surface area contributed by atoms with Gasteiger partial charge in [-0.3, -0.25) is 4.79 Å². The molecule has 0 spiro atoms. The predicted octanol–water partition coefficient (Wildman–Crippen LogP) is 3.33. The number of rotatable bonds is 7. The molecule has 1 N–H and O–H groups in total. The lowest BCUT2D eigenvalue weighted by Crippen LogP contribution is -2.43. The topological polar surface area (TPSA) is 76.1 Å². The molecule has 2 aliphatic rings. The fourth-order valence-corrected chi connectivity index (χ4v) is 4.22. The summed E-state index contributed by atoms with van der Waals surface area (Å²) >= 11 is 0. The van der Waals surface area contributed by atoms with Crippen LogP contribution in [0.15, 0.2) is 12.1 Å². The SMILES string of the molecule is Cc1cc(C(=O)N(CC2CCCO2)C2CCCC2)cc(C)c1OCC(=O)O. The zero-order chi connectivity index (χ0) is 19.4. The van der Waals surface area contributed by atoms with Crippen LogP contribution in [0.2, 0.25) is 0 Å². The molecule has 0 bridgehead atoms. The first kappa shape index (κ1) is 19.7. The van der Waals surface area contributed by atoms with Crippen molar-refractivity contribution in [3.63, 3.8) is 0 Å². The molecule has 148 valence electrons. The molecule has 6 nitrogen and oxygen atoms in total. The molecule has 1 amide bonds. The van der Waals surface area contributed by atoms with Gasteiger partial charge in [-0.1, -0.05) is 12.8 Å². The zero-order valence-corrected chi connectivity index (χ0v) is 16.2. The Morgan fingerprint density at radius 1 is 1.15 bits per heavy atom. The van der Waals surface area contributed by atoms with E-state index in [2.05, 4.69) is 0 Å². The summed E-state index contributed by atoms with van der Waals surface area (Å²) in [6.45, 7) is 4.74. The van der Waals surface area contributed by atoms with Gasteiger partial charge in [0.15, 0.2) is 6.61 Å². The molecule has 1 unspecified atom stereocenters. The standard InChI is InChI=1S/C21H29NO5/c1-14-10-16(11-15(2)20(14)27-13-19(23)24)21(25)22(17-6-3-4-7-17)12-18-8-5-9-26-18/h10-11,17-18H,3-9,12-13H2,1-2H3,(H,23,24). The zero-order valence-electron chi connectivity index (χ0n) is 16.2. The molecule has 1 saturated carbocycles. The van der Waals surface area contributed by atoms with Gasteiger partial charge in [0, 0.05) is 24.8 Å². The van der Waals surface area contributed by atoms with E-state index in [0.717, 1.165) is 43.4 Å². The van der Waals surface area contributed by atoms with Crippen molar-refractivity contribution in [1.82, 2.24) is 4.90 Å². The Morgan fingerprint density at radius 2 is 1.81 bits per heavy atom. The molecule has 0 radical (unpaired) electrons. The molecular weight excluding hydrogens is 346 g/mol. The lowest BCUT2D eigenvalue weighted by Gasteiger charge is -2.31. The van der Waals surface area contributed by atoms with Gasteiger partial charge in [0.05, 0.1) is 6.10 Å². The van der Waals surface area contributed by atoms with Gasteiger partial charge in [-0.25, -0.2) is 4.79 Å². The smallest absolute Gasteiger partial charge is 0.341 e. The second kappa shape index (κ2) is 8.74. The van der Waals surface area contributed by atoms with Gasteiger partial charge in [-0.2, -0.15) is 0 Å². The van der Waals surface area contributed by atoms with Crippen LogP contribution in [0.1, 0.15) is 60.0 Å². The molecule has 1 saturated heterocycles. The van der Waals surface area contributed by atoms with E-state index in [9.17, 15) is 9.59 Å². The Balaban J connectivity index is 1.80. The maximum Gasteiger partial charge on any atom is 0.341 e. The van der Waals surface area contributed by atoms with Crippen LogP contribution in [-0.4, -0.2) is 53.8 Å². The molecule has 27 heavy (non-hydrogen) atoms. The number of carboxylic acids is 1. The second-order valence-corrected chi connectivity index (χ2v) is 7.65. The van der Waals surface area contributed by atoms with Gasteiger partial charge < -0.3 is 19.5 Å². The first-order valence-electron chi connectivity index (χ1n) is 9.84. The van der Waals surface area contributed by atoms with E-state index in [0.29, 0.717) is 17.9 Å². The van der Waals surface area contributed by atoms with Crippen LogP contribution in [0.25, 0.3) is 0 Å². The molecule has 1 atom stereocenters. The van der Waals surface area contributed by atoms with Gasteiger partial charge in [0.25, 0.3) is 5.91 Å². The third-order valence-corrected chi connectivity index (χ3v) is 5.50. The quantitative estimate of drug-likeness (QED) is 0.791. The van der Waals surface area contributed by atoms with Crippen LogP contribution in [0, 0.1) is 13.8 Å². The van der Waals surface area contributed by atoms with Gasteiger partial charge >= 0.3 is 5.97 Å². The summed E-state index contributed by atoms with van der Waals surface area (Å²) in [7, 11) is 0. The minimum absolute atomic E-state index is 0.0355. The van der Waals surface area contributed by atoms with E-state index in [4.69, 9.17) is 14.6 Å². The monoisotopic (exact) mass is 375 g/mol. The highest BCUT2D eigenvalue weighted by Gasteiger charge is 2.31. The largest absolute Gasteiger partial charge is 0.481 e. The summed E-state index contributed by atoms with van der Waals surface area (Å²) in [6, 6.07) is 3.90. The molecule has 1 aromatic rings. The number of hydrogen-bond acceptors (Lipinski definition) is 4. The number of hydrogen-bond donors (Lipinski definition) is 1. The van der Waals surface area contributed by atoms with E-state index in [1.807, 2.05) is 30.9 Å². The lowest BCUT2D eigenvalue weighted by molar-refractivity contribution is -0.139. The molecule has 3 rings (SSSR count). The van der Waals surface area contributed by atoms with Crippen LogP contribution < -0.4 is 4.74 Å². The highest BCUT2D eigenvalue weighted by atomic mass is 16.5. The lowest BCUT2D eigenvalue weighted by atomic mass is 10.0. The molecule has 1 aliphatic carbocycles. The number of aryl methyl sites for hydroxylation is 2. The summed E-state index contributed by atoms with van der Waals surface area (Å²) in [5.41, 5.74) is 2.20. The van der Waals surface area contributed by atoms with Gasteiger partial charge in [-0.05, 0) is 62.8 Å². The molecular formula is C21H29NO5. The molecule has 2 fully saturated rings. The summed E-state index contributed by atoms with van der Waals surface area (Å²) in [6.07, 6.45) is 6.64. The Labute approximate surface area is 160 Å². The number of carbonyl (C=O) groups excluding carboxylic acids is 1. The van der Waals surface area contributed by atoms with E-state index in [1.54, 1.807) is 0 Å². The van der Waals surface area contributed by atoms with E-state index < -0.39 is 5.97 Å². The molecule has 6 heteroatoms. The van der Waals surface area contributed by atoms with E-state index in [-0.39, 0.29) is 24.7 Å². The van der Waals surface area contributed by atoms with Crippen LogP contribution in [-0.2, 0) is 9.53 Å². The van der Waals surface area contributed by atoms with Crippen molar-refractivity contribution in [1.29, 1.82) is 0 Å². The van der Waals surface area contributed by atoms with Crippen molar-refractivity contribution in [2.75, 3.05) is 19.8 Å². The van der Waals surface area contributed by atoms with Crippen molar-refractivity contribution < 1.29 is 24.2 Å². The number of ether oxygens (including phenoxy) is 2. The third kappa shape index (κ3) is 4.80. The predicted molar refractivity (Wildman–Crippen MR) is 101 cm³/mol. The number of nitrogens with zero attached hydrogens (tertiary/aromatic N) is 1. The van der Waals surface area contributed by atoms with Crippen molar-refractivity contribution in [2.45, 2.75) is 64.5 Å². The highest BCUT2D eigenvalue weighted by Crippen LogP contribution is 2.29. The maximum atomic E-state index is 13.3. The number of amides is 1. The minimum atomic E-state index is -1.02. The van der Waals surface area contributed by atoms with Gasteiger partial charge in [0.1, 0.15) is 5.75 Å². The molecule has 0 aromatic heterocycles. The number of benzene rings is 1. The summed E-state index contributed by atoms with van der Waals surface area (Å²) in [4.78, 5) is 26.1. The van der Waals surface area contributed by atoms with E-state index >= 15 is 0 Å². The average molecular weight is 375 g/mol. The Kier molecular flexibility index (Phi) is 6.37. The number of aliphatic carboxylic acids is 1. The van der Waals surface area contributed by atoms with Crippen molar-refractivity contribution in [2.24, 2.45) is 0 Å². The van der Waals surface area contributed by atoms with Crippen LogP contribution in [0.3, 0.4) is 0 Å². The minimum Gasteiger partial charge on any atom is -0.481 e. The van der Waals surface area contributed by atoms with E-state index in [1.165, 1.54) is 12.8 Å². The molecule has 1 heterocycles.